The molecule has 2 aromatic heterocycles. The quantitative estimate of drug-likeness (QED) is 0.868. The summed E-state index contributed by atoms with van der Waals surface area (Å²) in [5.41, 5.74) is 1.86. The summed E-state index contributed by atoms with van der Waals surface area (Å²) in [6.07, 6.45) is 3.13. The van der Waals surface area contributed by atoms with Crippen molar-refractivity contribution in [2.24, 2.45) is 0 Å². The van der Waals surface area contributed by atoms with Crippen LogP contribution in [0.15, 0.2) is 18.3 Å². The highest BCUT2D eigenvalue weighted by Gasteiger charge is 2.28. The maximum absolute atomic E-state index is 12.3. The highest BCUT2D eigenvalue weighted by Crippen LogP contribution is 2.28. The van der Waals surface area contributed by atoms with E-state index in [1.807, 2.05) is 19.1 Å². The summed E-state index contributed by atoms with van der Waals surface area (Å²) in [4.78, 5) is 18.0. The number of ether oxygens (including phenoxy) is 1. The van der Waals surface area contributed by atoms with Gasteiger partial charge in [0, 0.05) is 31.1 Å². The molecule has 0 aromatic carbocycles. The molecule has 7 heteroatoms. The van der Waals surface area contributed by atoms with E-state index >= 15 is 0 Å². The maximum Gasteiger partial charge on any atom is 0.257 e. The Hall–Kier alpha value is -1.86. The molecule has 0 spiro atoms. The van der Waals surface area contributed by atoms with Crippen LogP contribution in [-0.4, -0.2) is 40.8 Å². The number of anilines is 1. The zero-order valence-corrected chi connectivity index (χ0v) is 12.8. The van der Waals surface area contributed by atoms with Crippen molar-refractivity contribution in [3.05, 3.63) is 24.0 Å². The van der Waals surface area contributed by atoms with Crippen LogP contribution in [0, 0.1) is 6.92 Å². The first-order valence-electron chi connectivity index (χ1n) is 6.81. The summed E-state index contributed by atoms with van der Waals surface area (Å²) in [7, 11) is 1.71. The molecule has 1 aliphatic heterocycles. The van der Waals surface area contributed by atoms with E-state index in [1.165, 1.54) is 16.2 Å². The van der Waals surface area contributed by atoms with Crippen molar-refractivity contribution in [3.63, 3.8) is 0 Å². The van der Waals surface area contributed by atoms with Crippen LogP contribution in [0.1, 0.15) is 18.5 Å². The molecule has 110 valence electrons. The van der Waals surface area contributed by atoms with Gasteiger partial charge in [-0.15, -0.1) is 10.2 Å². The molecule has 0 aliphatic carbocycles. The van der Waals surface area contributed by atoms with E-state index in [4.69, 9.17) is 4.74 Å². The third-order valence-electron chi connectivity index (χ3n) is 3.40. The number of carbonyl (C=O) groups excluding carboxylic acids is 1. The molecule has 0 N–H and O–H groups in total. The maximum atomic E-state index is 12.3. The van der Waals surface area contributed by atoms with Crippen LogP contribution in [-0.2, 0) is 9.53 Å². The minimum Gasteiger partial charge on any atom is -0.368 e. The van der Waals surface area contributed by atoms with Crippen LogP contribution in [0.5, 0.6) is 0 Å². The van der Waals surface area contributed by atoms with Crippen LogP contribution < -0.4 is 4.90 Å². The number of nitrogens with zero attached hydrogens (tertiary/aromatic N) is 4. The van der Waals surface area contributed by atoms with Crippen LogP contribution in [0.25, 0.3) is 10.6 Å². The summed E-state index contributed by atoms with van der Waals surface area (Å²) in [6.45, 7) is 2.59. The van der Waals surface area contributed by atoms with Gasteiger partial charge in [0.1, 0.15) is 6.10 Å². The fourth-order valence-corrected chi connectivity index (χ4v) is 2.95. The molecule has 21 heavy (non-hydrogen) atoms. The molecule has 2 aromatic rings. The van der Waals surface area contributed by atoms with E-state index in [0.717, 1.165) is 29.1 Å². The van der Waals surface area contributed by atoms with Crippen molar-refractivity contribution in [3.8, 4) is 10.6 Å². The summed E-state index contributed by atoms with van der Waals surface area (Å²) >= 11 is 1.37. The second-order valence-corrected chi connectivity index (χ2v) is 5.93. The summed E-state index contributed by atoms with van der Waals surface area (Å²) in [6, 6.07) is 3.88. The van der Waals surface area contributed by atoms with Crippen LogP contribution in [0.3, 0.4) is 0 Å². The van der Waals surface area contributed by atoms with Gasteiger partial charge in [0.2, 0.25) is 5.13 Å². The molecule has 1 fully saturated rings. The number of amides is 1. The summed E-state index contributed by atoms with van der Waals surface area (Å²) < 4.78 is 5.42. The van der Waals surface area contributed by atoms with E-state index in [0.29, 0.717) is 11.7 Å². The van der Waals surface area contributed by atoms with Gasteiger partial charge in [-0.25, -0.2) is 0 Å². The topological polar surface area (TPSA) is 68.2 Å². The predicted octanol–water partition coefficient (Wildman–Crippen LogP) is 2.05. The van der Waals surface area contributed by atoms with E-state index in [2.05, 4.69) is 15.2 Å². The zero-order chi connectivity index (χ0) is 14.8. The molecule has 0 bridgehead atoms. The van der Waals surface area contributed by atoms with Gasteiger partial charge in [0.15, 0.2) is 5.01 Å². The van der Waals surface area contributed by atoms with Crippen molar-refractivity contribution in [2.75, 3.05) is 18.6 Å². The molecular formula is C14H16N4O2S. The van der Waals surface area contributed by atoms with Crippen molar-refractivity contribution >= 4 is 22.4 Å². The summed E-state index contributed by atoms with van der Waals surface area (Å²) in [5.74, 6) is -0.0581. The Morgan fingerprint density at radius 1 is 1.43 bits per heavy atom. The Balaban J connectivity index is 1.77. The SMILES string of the molecule is Cc1ccc(-c2nnc(N(C)C(=O)[C@H]3CCCO3)s2)cn1. The number of hydrogen-bond acceptors (Lipinski definition) is 6. The second-order valence-electron chi connectivity index (χ2n) is 4.98. The molecule has 1 aliphatic rings. The molecule has 3 rings (SSSR count). The van der Waals surface area contributed by atoms with Crippen molar-refractivity contribution in [1.29, 1.82) is 0 Å². The molecule has 0 unspecified atom stereocenters. The third-order valence-corrected chi connectivity index (χ3v) is 4.44. The first-order valence-corrected chi connectivity index (χ1v) is 7.62. The molecule has 0 saturated carbocycles. The molecule has 1 saturated heterocycles. The van der Waals surface area contributed by atoms with E-state index in [-0.39, 0.29) is 12.0 Å². The van der Waals surface area contributed by atoms with E-state index in [1.54, 1.807) is 13.2 Å². The molecule has 1 atom stereocenters. The number of hydrogen-bond donors (Lipinski definition) is 0. The number of pyridine rings is 1. The average molecular weight is 304 g/mol. The van der Waals surface area contributed by atoms with Crippen molar-refractivity contribution in [1.82, 2.24) is 15.2 Å². The van der Waals surface area contributed by atoms with E-state index < -0.39 is 0 Å². The normalized spacial score (nSPS) is 17.9. The van der Waals surface area contributed by atoms with Gasteiger partial charge < -0.3 is 4.74 Å². The second kappa shape index (κ2) is 5.87. The zero-order valence-electron chi connectivity index (χ0n) is 11.9. The Morgan fingerprint density at radius 3 is 2.95 bits per heavy atom. The lowest BCUT2D eigenvalue weighted by molar-refractivity contribution is -0.127. The summed E-state index contributed by atoms with van der Waals surface area (Å²) in [5, 5.41) is 9.57. The number of carbonyl (C=O) groups is 1. The molecular weight excluding hydrogens is 288 g/mol. The van der Waals surface area contributed by atoms with Crippen molar-refractivity contribution < 1.29 is 9.53 Å². The van der Waals surface area contributed by atoms with Gasteiger partial charge in [-0.3, -0.25) is 14.7 Å². The smallest absolute Gasteiger partial charge is 0.257 e. The third kappa shape index (κ3) is 2.93. The number of aryl methyl sites for hydroxylation is 1. The molecule has 1 amide bonds. The van der Waals surface area contributed by atoms with Crippen molar-refractivity contribution in [2.45, 2.75) is 25.9 Å². The number of aromatic nitrogens is 3. The largest absolute Gasteiger partial charge is 0.368 e. The minimum atomic E-state index is -0.344. The number of rotatable bonds is 3. The lowest BCUT2D eigenvalue weighted by Gasteiger charge is -2.16. The lowest BCUT2D eigenvalue weighted by Crippen LogP contribution is -2.35. The highest BCUT2D eigenvalue weighted by atomic mass is 32.1. The Morgan fingerprint density at radius 2 is 2.29 bits per heavy atom. The molecule has 6 nitrogen and oxygen atoms in total. The highest BCUT2D eigenvalue weighted by molar-refractivity contribution is 7.18. The van der Waals surface area contributed by atoms with Crippen LogP contribution >= 0.6 is 11.3 Å². The minimum absolute atomic E-state index is 0.0581. The monoisotopic (exact) mass is 304 g/mol. The Bertz CT molecular complexity index is 635. The van der Waals surface area contributed by atoms with Gasteiger partial charge in [-0.2, -0.15) is 0 Å². The van der Waals surface area contributed by atoms with Gasteiger partial charge in [0.25, 0.3) is 5.91 Å². The fraction of sp³-hybridized carbons (Fsp3) is 0.429. The first-order chi connectivity index (χ1) is 10.1. The van der Waals surface area contributed by atoms with Gasteiger partial charge in [-0.1, -0.05) is 11.3 Å². The molecule has 0 radical (unpaired) electrons. The molecule has 3 heterocycles. The fourth-order valence-electron chi connectivity index (χ4n) is 2.14. The van der Waals surface area contributed by atoms with Gasteiger partial charge in [0.05, 0.1) is 0 Å². The standard InChI is InChI=1S/C14H16N4O2S/c1-9-5-6-10(8-15-9)12-16-17-14(21-12)18(2)13(19)11-4-3-7-20-11/h5-6,8,11H,3-4,7H2,1-2H3/t11-/m1/s1. The first kappa shape index (κ1) is 14.1. The Labute approximate surface area is 126 Å². The van der Waals surface area contributed by atoms with Gasteiger partial charge in [-0.05, 0) is 31.9 Å². The Kier molecular flexibility index (Phi) is 3.94. The van der Waals surface area contributed by atoms with Crippen LogP contribution in [0.4, 0.5) is 5.13 Å². The average Bonchev–Trinajstić information content (AvgIpc) is 3.18. The lowest BCUT2D eigenvalue weighted by atomic mass is 10.2. The van der Waals surface area contributed by atoms with E-state index in [9.17, 15) is 4.79 Å². The predicted molar refractivity (Wildman–Crippen MR) is 80.3 cm³/mol. The number of likely N-dealkylation sites (N-methyl/N-ethyl adjacent to an activating group) is 1. The van der Waals surface area contributed by atoms with Gasteiger partial charge >= 0.3 is 0 Å². The van der Waals surface area contributed by atoms with Crippen LogP contribution in [0.2, 0.25) is 0 Å².